The van der Waals surface area contributed by atoms with Crippen molar-refractivity contribution in [1.29, 1.82) is 5.26 Å². The number of rotatable bonds is 3. The summed E-state index contributed by atoms with van der Waals surface area (Å²) in [6.45, 7) is 3.64. The summed E-state index contributed by atoms with van der Waals surface area (Å²) in [5, 5.41) is 9.29. The third-order valence-corrected chi connectivity index (χ3v) is 4.03. The van der Waals surface area contributed by atoms with Crippen molar-refractivity contribution in [3.8, 4) is 6.07 Å². The van der Waals surface area contributed by atoms with E-state index < -0.39 is 0 Å². The first-order chi connectivity index (χ1) is 9.29. The molecule has 102 valence electrons. The summed E-state index contributed by atoms with van der Waals surface area (Å²) in [5.74, 6) is 1.02. The number of hydrogen-bond donors (Lipinski definition) is 1. The van der Waals surface area contributed by atoms with E-state index in [-0.39, 0.29) is 6.10 Å². The van der Waals surface area contributed by atoms with Gasteiger partial charge in [-0.15, -0.1) is 0 Å². The first kappa shape index (κ1) is 12.4. The summed E-state index contributed by atoms with van der Waals surface area (Å²) in [6.07, 6.45) is 4.81. The van der Waals surface area contributed by atoms with Crippen LogP contribution in [0.15, 0.2) is 6.07 Å². The molecule has 1 aromatic heterocycles. The molecule has 0 bridgehead atoms. The van der Waals surface area contributed by atoms with Crippen molar-refractivity contribution in [3.63, 3.8) is 0 Å². The van der Waals surface area contributed by atoms with Crippen LogP contribution in [0.3, 0.4) is 0 Å². The highest BCUT2D eigenvalue weighted by molar-refractivity contribution is 5.68. The smallest absolute Gasteiger partial charge is 0.133 e. The van der Waals surface area contributed by atoms with Crippen LogP contribution in [0.5, 0.6) is 0 Å². The van der Waals surface area contributed by atoms with Crippen LogP contribution in [-0.4, -0.2) is 30.4 Å². The minimum absolute atomic E-state index is 0.222. The number of nitrogen functional groups attached to an aromatic ring is 1. The maximum absolute atomic E-state index is 9.29. The standard InChI is InChI=1S/C14H20N4O/c15-9-11-8-13(16)14(17-5-1-2-6-17)18(11)10-12-4-3-7-19-12/h8,12H,1-7,10,16H2/t12-/m1/s1. The van der Waals surface area contributed by atoms with Gasteiger partial charge >= 0.3 is 0 Å². The second-order valence-electron chi connectivity index (χ2n) is 5.36. The summed E-state index contributed by atoms with van der Waals surface area (Å²) in [5.41, 5.74) is 7.48. The number of hydrogen-bond acceptors (Lipinski definition) is 4. The van der Waals surface area contributed by atoms with Crippen molar-refractivity contribution in [2.24, 2.45) is 0 Å². The van der Waals surface area contributed by atoms with Crippen LogP contribution in [0.25, 0.3) is 0 Å². The molecule has 0 radical (unpaired) electrons. The van der Waals surface area contributed by atoms with Crippen molar-refractivity contribution >= 4 is 11.5 Å². The lowest BCUT2D eigenvalue weighted by Gasteiger charge is -2.23. The zero-order valence-electron chi connectivity index (χ0n) is 11.1. The van der Waals surface area contributed by atoms with E-state index in [1.54, 1.807) is 6.07 Å². The molecule has 1 atom stereocenters. The number of nitriles is 1. The van der Waals surface area contributed by atoms with Gasteiger partial charge in [0.25, 0.3) is 0 Å². The molecule has 2 aliphatic rings. The fraction of sp³-hybridized carbons (Fsp3) is 0.643. The third-order valence-electron chi connectivity index (χ3n) is 4.03. The Morgan fingerprint density at radius 1 is 1.37 bits per heavy atom. The number of anilines is 2. The highest BCUT2D eigenvalue weighted by Gasteiger charge is 2.25. The Hall–Kier alpha value is -1.67. The molecule has 2 saturated heterocycles. The van der Waals surface area contributed by atoms with E-state index in [1.165, 1.54) is 12.8 Å². The van der Waals surface area contributed by atoms with Gasteiger partial charge in [-0.3, -0.25) is 0 Å². The van der Waals surface area contributed by atoms with Crippen LogP contribution >= 0.6 is 0 Å². The summed E-state index contributed by atoms with van der Waals surface area (Å²) < 4.78 is 7.75. The maximum atomic E-state index is 9.29. The SMILES string of the molecule is N#Cc1cc(N)c(N2CCCC2)n1C[C@H]1CCCO1. The van der Waals surface area contributed by atoms with Crippen molar-refractivity contribution in [2.75, 3.05) is 30.3 Å². The normalized spacial score (nSPS) is 22.9. The summed E-state index contributed by atoms with van der Waals surface area (Å²) in [7, 11) is 0. The quantitative estimate of drug-likeness (QED) is 0.898. The third kappa shape index (κ3) is 2.28. The van der Waals surface area contributed by atoms with E-state index >= 15 is 0 Å². The Kier molecular flexibility index (Phi) is 3.34. The Morgan fingerprint density at radius 3 is 2.79 bits per heavy atom. The average Bonchev–Trinajstić information content (AvgIpc) is 3.11. The number of nitrogens with zero attached hydrogens (tertiary/aromatic N) is 3. The topological polar surface area (TPSA) is 67.2 Å². The molecule has 3 heterocycles. The summed E-state index contributed by atoms with van der Waals surface area (Å²) >= 11 is 0. The minimum atomic E-state index is 0.222. The van der Waals surface area contributed by atoms with Gasteiger partial charge in [0, 0.05) is 19.7 Å². The molecular formula is C14H20N4O. The van der Waals surface area contributed by atoms with Crippen molar-refractivity contribution < 1.29 is 4.74 Å². The predicted molar refractivity (Wildman–Crippen MR) is 74.0 cm³/mol. The molecule has 1 aromatic rings. The molecule has 0 aromatic carbocycles. The Bertz CT molecular complexity index is 490. The van der Waals surface area contributed by atoms with Gasteiger partial charge in [0.2, 0.25) is 0 Å². The van der Waals surface area contributed by atoms with Gasteiger partial charge in [0.15, 0.2) is 0 Å². The molecule has 0 spiro atoms. The first-order valence-corrected chi connectivity index (χ1v) is 7.05. The van der Waals surface area contributed by atoms with Gasteiger partial charge < -0.3 is 19.9 Å². The Labute approximate surface area is 113 Å². The van der Waals surface area contributed by atoms with Gasteiger partial charge in [-0.2, -0.15) is 5.26 Å². The van der Waals surface area contributed by atoms with E-state index in [2.05, 4.69) is 15.5 Å². The molecule has 2 N–H and O–H groups in total. The van der Waals surface area contributed by atoms with Crippen LogP contribution in [0.2, 0.25) is 0 Å². The molecule has 5 nitrogen and oxygen atoms in total. The van der Waals surface area contributed by atoms with Crippen LogP contribution < -0.4 is 10.6 Å². The number of nitrogens with two attached hydrogens (primary N) is 1. The molecule has 0 amide bonds. The fourth-order valence-corrected chi connectivity index (χ4v) is 3.11. The zero-order chi connectivity index (χ0) is 13.2. The minimum Gasteiger partial charge on any atom is -0.396 e. The highest BCUT2D eigenvalue weighted by atomic mass is 16.5. The second-order valence-corrected chi connectivity index (χ2v) is 5.36. The van der Waals surface area contributed by atoms with Crippen molar-refractivity contribution in [3.05, 3.63) is 11.8 Å². The molecule has 0 unspecified atom stereocenters. The van der Waals surface area contributed by atoms with Gasteiger partial charge in [0.05, 0.1) is 18.3 Å². The predicted octanol–water partition coefficient (Wildman–Crippen LogP) is 1.72. The van der Waals surface area contributed by atoms with E-state index in [0.29, 0.717) is 5.69 Å². The Morgan fingerprint density at radius 2 is 2.16 bits per heavy atom. The van der Waals surface area contributed by atoms with Crippen LogP contribution in [0.4, 0.5) is 11.5 Å². The largest absolute Gasteiger partial charge is 0.396 e. The van der Waals surface area contributed by atoms with Crippen LogP contribution in [-0.2, 0) is 11.3 Å². The summed E-state index contributed by atoms with van der Waals surface area (Å²) in [4.78, 5) is 2.30. The van der Waals surface area contributed by atoms with E-state index in [4.69, 9.17) is 10.5 Å². The average molecular weight is 260 g/mol. The molecule has 5 heteroatoms. The second kappa shape index (κ2) is 5.14. The van der Waals surface area contributed by atoms with Gasteiger partial charge in [-0.25, -0.2) is 0 Å². The lowest BCUT2D eigenvalue weighted by atomic mass is 10.2. The Balaban J connectivity index is 1.92. The van der Waals surface area contributed by atoms with Crippen molar-refractivity contribution in [2.45, 2.75) is 38.3 Å². The van der Waals surface area contributed by atoms with E-state index in [1.807, 2.05) is 0 Å². The molecular weight excluding hydrogens is 240 g/mol. The zero-order valence-corrected chi connectivity index (χ0v) is 11.1. The van der Waals surface area contributed by atoms with Gasteiger partial charge in [-0.1, -0.05) is 0 Å². The van der Waals surface area contributed by atoms with E-state index in [9.17, 15) is 5.26 Å². The van der Waals surface area contributed by atoms with Gasteiger partial charge in [0.1, 0.15) is 17.6 Å². The number of ether oxygens (including phenoxy) is 1. The fourth-order valence-electron chi connectivity index (χ4n) is 3.11. The van der Waals surface area contributed by atoms with E-state index in [0.717, 1.165) is 50.6 Å². The highest BCUT2D eigenvalue weighted by Crippen LogP contribution is 2.31. The summed E-state index contributed by atoms with van der Waals surface area (Å²) in [6, 6.07) is 4.05. The van der Waals surface area contributed by atoms with Crippen LogP contribution in [0.1, 0.15) is 31.4 Å². The monoisotopic (exact) mass is 260 g/mol. The lowest BCUT2D eigenvalue weighted by molar-refractivity contribution is 0.0972. The molecule has 2 fully saturated rings. The van der Waals surface area contributed by atoms with Crippen LogP contribution in [0, 0.1) is 11.3 Å². The lowest BCUT2D eigenvalue weighted by Crippen LogP contribution is -2.25. The molecule has 19 heavy (non-hydrogen) atoms. The molecule has 0 aliphatic carbocycles. The van der Waals surface area contributed by atoms with Gasteiger partial charge in [-0.05, 0) is 31.7 Å². The van der Waals surface area contributed by atoms with Crippen molar-refractivity contribution in [1.82, 2.24) is 4.57 Å². The number of aromatic nitrogens is 1. The maximum Gasteiger partial charge on any atom is 0.133 e. The molecule has 3 rings (SSSR count). The molecule has 2 aliphatic heterocycles. The first-order valence-electron chi connectivity index (χ1n) is 7.05. The molecule has 0 saturated carbocycles.